The molecule has 1 saturated carbocycles. The summed E-state index contributed by atoms with van der Waals surface area (Å²) in [5.74, 6) is 2.35. The summed E-state index contributed by atoms with van der Waals surface area (Å²) >= 11 is 0. The first-order valence-corrected chi connectivity index (χ1v) is 6.98. The van der Waals surface area contributed by atoms with Crippen LogP contribution in [0, 0.1) is 17.8 Å². The Morgan fingerprint density at radius 3 is 2.38 bits per heavy atom. The molecule has 16 heavy (non-hydrogen) atoms. The van der Waals surface area contributed by atoms with Crippen LogP contribution in [0.25, 0.3) is 0 Å². The van der Waals surface area contributed by atoms with Gasteiger partial charge in [0.25, 0.3) is 0 Å². The maximum atomic E-state index is 6.62. The highest BCUT2D eigenvalue weighted by atomic mass is 16.5. The molecule has 94 valence electrons. The quantitative estimate of drug-likeness (QED) is 0.784. The molecule has 1 saturated heterocycles. The van der Waals surface area contributed by atoms with Gasteiger partial charge in [-0.25, -0.2) is 0 Å². The molecule has 0 amide bonds. The van der Waals surface area contributed by atoms with Gasteiger partial charge in [0.1, 0.15) is 0 Å². The number of ether oxygens (including phenoxy) is 1. The van der Waals surface area contributed by atoms with Gasteiger partial charge in [0, 0.05) is 18.1 Å². The standard InChI is InChI=1S/C14H27NO/c1-11(2)12-5-7-14(15,8-6-12)13-4-3-9-16-10-13/h11-13H,3-10,15H2,1-2H3. The number of hydrogen-bond acceptors (Lipinski definition) is 2. The van der Waals surface area contributed by atoms with Gasteiger partial charge in [0.2, 0.25) is 0 Å². The van der Waals surface area contributed by atoms with E-state index in [1.54, 1.807) is 0 Å². The van der Waals surface area contributed by atoms with Gasteiger partial charge in [0.15, 0.2) is 0 Å². The fraction of sp³-hybridized carbons (Fsp3) is 1.00. The summed E-state index contributed by atoms with van der Waals surface area (Å²) in [5, 5.41) is 0. The van der Waals surface area contributed by atoms with Gasteiger partial charge in [-0.3, -0.25) is 0 Å². The second-order valence-corrected chi connectivity index (χ2v) is 6.23. The van der Waals surface area contributed by atoms with Crippen LogP contribution in [0.3, 0.4) is 0 Å². The highest BCUT2D eigenvalue weighted by Crippen LogP contribution is 2.40. The summed E-state index contributed by atoms with van der Waals surface area (Å²) in [6, 6.07) is 0. The van der Waals surface area contributed by atoms with Gasteiger partial charge in [-0.05, 0) is 50.4 Å². The van der Waals surface area contributed by atoms with E-state index in [1.807, 2.05) is 0 Å². The maximum absolute atomic E-state index is 6.62. The molecule has 1 aliphatic heterocycles. The van der Waals surface area contributed by atoms with Crippen LogP contribution in [-0.2, 0) is 4.74 Å². The lowest BCUT2D eigenvalue weighted by molar-refractivity contribution is 0.00383. The third-order valence-electron chi connectivity index (χ3n) is 4.88. The van der Waals surface area contributed by atoms with Gasteiger partial charge in [-0.1, -0.05) is 13.8 Å². The second-order valence-electron chi connectivity index (χ2n) is 6.23. The highest BCUT2D eigenvalue weighted by Gasteiger charge is 2.39. The van der Waals surface area contributed by atoms with E-state index in [2.05, 4.69) is 13.8 Å². The van der Waals surface area contributed by atoms with Crippen molar-refractivity contribution in [2.75, 3.05) is 13.2 Å². The van der Waals surface area contributed by atoms with Gasteiger partial charge in [-0.15, -0.1) is 0 Å². The molecule has 1 unspecified atom stereocenters. The molecule has 1 atom stereocenters. The van der Waals surface area contributed by atoms with Crippen molar-refractivity contribution >= 4 is 0 Å². The first-order valence-electron chi connectivity index (χ1n) is 6.98. The molecule has 2 heteroatoms. The third-order valence-corrected chi connectivity index (χ3v) is 4.88. The molecule has 0 aromatic carbocycles. The molecule has 2 fully saturated rings. The van der Waals surface area contributed by atoms with Crippen molar-refractivity contribution in [2.24, 2.45) is 23.5 Å². The number of nitrogens with two attached hydrogens (primary N) is 1. The molecule has 0 spiro atoms. The molecule has 0 aromatic heterocycles. The minimum atomic E-state index is 0.0891. The minimum absolute atomic E-state index is 0.0891. The zero-order valence-electron chi connectivity index (χ0n) is 10.9. The Morgan fingerprint density at radius 2 is 1.88 bits per heavy atom. The lowest BCUT2D eigenvalue weighted by Gasteiger charge is -2.45. The van der Waals surface area contributed by atoms with Crippen molar-refractivity contribution in [2.45, 2.75) is 57.9 Å². The SMILES string of the molecule is CC(C)C1CCC(N)(C2CCCOC2)CC1. The van der Waals surface area contributed by atoms with Gasteiger partial charge in [0.05, 0.1) is 6.61 Å². The topological polar surface area (TPSA) is 35.2 Å². The van der Waals surface area contributed by atoms with Crippen LogP contribution in [0.4, 0.5) is 0 Å². The van der Waals surface area contributed by atoms with Gasteiger partial charge >= 0.3 is 0 Å². The minimum Gasteiger partial charge on any atom is -0.381 e. The summed E-state index contributed by atoms with van der Waals surface area (Å²) in [5.41, 5.74) is 6.71. The monoisotopic (exact) mass is 225 g/mol. The average molecular weight is 225 g/mol. The van der Waals surface area contributed by atoms with Crippen LogP contribution in [0.15, 0.2) is 0 Å². The van der Waals surface area contributed by atoms with Crippen LogP contribution in [0.2, 0.25) is 0 Å². The highest BCUT2D eigenvalue weighted by molar-refractivity contribution is 4.96. The van der Waals surface area contributed by atoms with E-state index < -0.39 is 0 Å². The van der Waals surface area contributed by atoms with Crippen LogP contribution in [0.1, 0.15) is 52.4 Å². The van der Waals surface area contributed by atoms with Gasteiger partial charge < -0.3 is 10.5 Å². The Balaban J connectivity index is 1.89. The predicted octanol–water partition coefficient (Wildman–Crippen LogP) is 2.96. The van der Waals surface area contributed by atoms with Crippen molar-refractivity contribution in [3.8, 4) is 0 Å². The van der Waals surface area contributed by atoms with E-state index in [-0.39, 0.29) is 5.54 Å². The van der Waals surface area contributed by atoms with Gasteiger partial charge in [-0.2, -0.15) is 0 Å². The molecule has 1 aliphatic carbocycles. The molecule has 1 heterocycles. The van der Waals surface area contributed by atoms with Crippen LogP contribution in [-0.4, -0.2) is 18.8 Å². The Morgan fingerprint density at radius 1 is 1.19 bits per heavy atom. The fourth-order valence-electron chi connectivity index (χ4n) is 3.45. The van der Waals surface area contributed by atoms with Crippen molar-refractivity contribution in [1.82, 2.24) is 0 Å². The third kappa shape index (κ3) is 2.60. The summed E-state index contributed by atoms with van der Waals surface area (Å²) < 4.78 is 5.59. The molecular weight excluding hydrogens is 198 g/mol. The molecule has 2 aliphatic rings. The lowest BCUT2D eigenvalue weighted by atomic mass is 9.67. The average Bonchev–Trinajstić information content (AvgIpc) is 2.31. The normalized spacial score (nSPS) is 41.2. The molecule has 0 radical (unpaired) electrons. The molecule has 2 rings (SSSR count). The summed E-state index contributed by atoms with van der Waals surface area (Å²) in [6.07, 6.45) is 7.56. The molecule has 2 nitrogen and oxygen atoms in total. The van der Waals surface area contributed by atoms with Crippen LogP contribution < -0.4 is 5.73 Å². The first kappa shape index (κ1) is 12.4. The van der Waals surface area contributed by atoms with E-state index >= 15 is 0 Å². The van der Waals surface area contributed by atoms with E-state index in [9.17, 15) is 0 Å². The molecule has 2 N–H and O–H groups in total. The van der Waals surface area contributed by atoms with Crippen LogP contribution >= 0.6 is 0 Å². The summed E-state index contributed by atoms with van der Waals surface area (Å²) in [7, 11) is 0. The smallest absolute Gasteiger partial charge is 0.0511 e. The number of rotatable bonds is 2. The number of hydrogen-bond donors (Lipinski definition) is 1. The zero-order valence-corrected chi connectivity index (χ0v) is 10.9. The molecule has 0 aromatic rings. The summed E-state index contributed by atoms with van der Waals surface area (Å²) in [4.78, 5) is 0. The van der Waals surface area contributed by atoms with Crippen molar-refractivity contribution in [3.05, 3.63) is 0 Å². The maximum Gasteiger partial charge on any atom is 0.0511 e. The molecule has 0 bridgehead atoms. The van der Waals surface area contributed by atoms with E-state index in [0.29, 0.717) is 5.92 Å². The van der Waals surface area contributed by atoms with Crippen LogP contribution in [0.5, 0.6) is 0 Å². The Labute approximate surface area is 99.9 Å². The summed E-state index contributed by atoms with van der Waals surface area (Å²) in [6.45, 7) is 6.54. The van der Waals surface area contributed by atoms with E-state index in [0.717, 1.165) is 25.0 Å². The first-order chi connectivity index (χ1) is 7.62. The van der Waals surface area contributed by atoms with E-state index in [1.165, 1.54) is 38.5 Å². The lowest BCUT2D eigenvalue weighted by Crippen LogP contribution is -2.52. The van der Waals surface area contributed by atoms with Crippen molar-refractivity contribution in [3.63, 3.8) is 0 Å². The van der Waals surface area contributed by atoms with E-state index in [4.69, 9.17) is 10.5 Å². The van der Waals surface area contributed by atoms with Crippen molar-refractivity contribution < 1.29 is 4.74 Å². The van der Waals surface area contributed by atoms with Crippen molar-refractivity contribution in [1.29, 1.82) is 0 Å². The zero-order chi connectivity index (χ0) is 11.6. The predicted molar refractivity (Wildman–Crippen MR) is 67.3 cm³/mol. The Hall–Kier alpha value is -0.0800. The largest absolute Gasteiger partial charge is 0.381 e. The Kier molecular flexibility index (Phi) is 3.91. The fourth-order valence-corrected chi connectivity index (χ4v) is 3.45. The molecular formula is C14H27NO. The Bertz CT molecular complexity index is 213. The second kappa shape index (κ2) is 5.05.